The Morgan fingerprint density at radius 2 is 1.96 bits per heavy atom. The first-order valence-electron chi connectivity index (χ1n) is 7.72. The van der Waals surface area contributed by atoms with Crippen molar-refractivity contribution in [3.8, 4) is 0 Å². The zero-order chi connectivity index (χ0) is 17.4. The minimum absolute atomic E-state index is 0.0539. The molecule has 0 fully saturated rings. The zero-order valence-electron chi connectivity index (χ0n) is 13.5. The van der Waals surface area contributed by atoms with Crippen molar-refractivity contribution in [2.24, 2.45) is 0 Å². The normalized spacial score (nSPS) is 16.1. The van der Waals surface area contributed by atoms with Crippen LogP contribution in [0.3, 0.4) is 0 Å². The first kappa shape index (κ1) is 16.1. The molecule has 6 nitrogen and oxygen atoms in total. The molecule has 1 atom stereocenters. The third-order valence-corrected chi connectivity index (χ3v) is 4.54. The van der Waals surface area contributed by atoms with E-state index in [-0.39, 0.29) is 17.9 Å². The molecule has 2 aromatic carbocycles. The van der Waals surface area contributed by atoms with Gasteiger partial charge in [0.15, 0.2) is 0 Å². The molecule has 0 unspecified atom stereocenters. The van der Waals surface area contributed by atoms with Crippen LogP contribution in [-0.4, -0.2) is 28.6 Å². The molecule has 1 aliphatic rings. The summed E-state index contributed by atoms with van der Waals surface area (Å²) >= 11 is 0. The number of carbonyl (C=O) groups is 1. The van der Waals surface area contributed by atoms with Crippen LogP contribution in [0.1, 0.15) is 27.0 Å². The summed E-state index contributed by atoms with van der Waals surface area (Å²) < 4.78 is 0. The van der Waals surface area contributed by atoms with E-state index in [4.69, 9.17) is 0 Å². The van der Waals surface area contributed by atoms with Gasteiger partial charge in [0.2, 0.25) is 0 Å². The number of hydrogen-bond donors (Lipinski definition) is 1. The maximum atomic E-state index is 13.1. The van der Waals surface area contributed by atoms with Gasteiger partial charge in [-0.25, -0.2) is 0 Å². The Morgan fingerprint density at radius 3 is 2.62 bits per heavy atom. The molecule has 0 saturated heterocycles. The van der Waals surface area contributed by atoms with Crippen LogP contribution in [0, 0.1) is 24.0 Å². The van der Waals surface area contributed by atoms with Gasteiger partial charge in [0, 0.05) is 11.8 Å². The van der Waals surface area contributed by atoms with Gasteiger partial charge in [-0.15, -0.1) is 0 Å². The zero-order valence-corrected chi connectivity index (χ0v) is 13.5. The van der Waals surface area contributed by atoms with E-state index in [1.165, 1.54) is 11.0 Å². The number of hydrogen-bond acceptors (Lipinski definition) is 4. The molecule has 1 heterocycles. The predicted octanol–water partition coefficient (Wildman–Crippen LogP) is 2.78. The van der Waals surface area contributed by atoms with Crippen LogP contribution in [0.4, 0.5) is 11.4 Å². The third kappa shape index (κ3) is 2.55. The second-order valence-corrected chi connectivity index (χ2v) is 6.06. The lowest BCUT2D eigenvalue weighted by Crippen LogP contribution is -2.40. The van der Waals surface area contributed by atoms with Crippen molar-refractivity contribution in [2.75, 3.05) is 11.5 Å². The standard InChI is InChI=1S/C18H18N2O4/c1-11-7-15(17(20(23)24)8-12(11)2)18(22)19-14(10-21)9-13-5-3-4-6-16(13)19/h3-8,14,21H,9-10H2,1-2H3/t14-/m0/s1. The van der Waals surface area contributed by atoms with Crippen molar-refractivity contribution in [2.45, 2.75) is 26.3 Å². The summed E-state index contributed by atoms with van der Waals surface area (Å²) in [5.41, 5.74) is 3.09. The molecule has 2 aromatic rings. The predicted molar refractivity (Wildman–Crippen MR) is 90.4 cm³/mol. The van der Waals surface area contributed by atoms with Crippen molar-refractivity contribution in [3.63, 3.8) is 0 Å². The Hall–Kier alpha value is -2.73. The molecule has 1 N–H and O–H groups in total. The Labute approximate surface area is 139 Å². The Morgan fingerprint density at radius 1 is 1.29 bits per heavy atom. The molecule has 6 heteroatoms. The monoisotopic (exact) mass is 326 g/mol. The first-order chi connectivity index (χ1) is 11.4. The number of aryl methyl sites for hydroxylation is 2. The summed E-state index contributed by atoms with van der Waals surface area (Å²) in [6, 6.07) is 9.98. The lowest BCUT2D eigenvalue weighted by atomic mass is 10.0. The molecule has 0 saturated carbocycles. The van der Waals surface area contributed by atoms with E-state index in [0.717, 1.165) is 16.7 Å². The number of amides is 1. The third-order valence-electron chi connectivity index (χ3n) is 4.54. The molecule has 1 aliphatic heterocycles. The van der Waals surface area contributed by atoms with Crippen molar-refractivity contribution in [1.29, 1.82) is 0 Å². The van der Waals surface area contributed by atoms with Gasteiger partial charge in [-0.3, -0.25) is 14.9 Å². The number of para-hydroxylation sites is 1. The summed E-state index contributed by atoms with van der Waals surface area (Å²) in [6.07, 6.45) is 0.539. The summed E-state index contributed by atoms with van der Waals surface area (Å²) in [5.74, 6) is -0.450. The quantitative estimate of drug-likeness (QED) is 0.694. The lowest BCUT2D eigenvalue weighted by molar-refractivity contribution is -0.385. The van der Waals surface area contributed by atoms with Gasteiger partial charge in [0.25, 0.3) is 11.6 Å². The van der Waals surface area contributed by atoms with Gasteiger partial charge in [0.1, 0.15) is 5.56 Å². The van der Waals surface area contributed by atoms with E-state index in [1.807, 2.05) is 25.1 Å². The Bertz CT molecular complexity index is 832. The van der Waals surface area contributed by atoms with Crippen LogP contribution in [0.2, 0.25) is 0 Å². The van der Waals surface area contributed by atoms with E-state index >= 15 is 0 Å². The topological polar surface area (TPSA) is 83.7 Å². The highest BCUT2D eigenvalue weighted by atomic mass is 16.6. The van der Waals surface area contributed by atoms with Crippen molar-refractivity contribution < 1.29 is 14.8 Å². The highest BCUT2D eigenvalue weighted by molar-refractivity contribution is 6.10. The van der Waals surface area contributed by atoms with E-state index in [9.17, 15) is 20.0 Å². The molecule has 0 radical (unpaired) electrons. The number of nitro benzene ring substituents is 1. The van der Waals surface area contributed by atoms with E-state index in [1.54, 1.807) is 19.1 Å². The van der Waals surface area contributed by atoms with Gasteiger partial charge in [-0.05, 0) is 49.1 Å². The number of benzene rings is 2. The fraction of sp³-hybridized carbons (Fsp3) is 0.278. The van der Waals surface area contributed by atoms with Crippen LogP contribution in [0.25, 0.3) is 0 Å². The van der Waals surface area contributed by atoms with Crippen molar-refractivity contribution in [1.82, 2.24) is 0 Å². The molecule has 24 heavy (non-hydrogen) atoms. The van der Waals surface area contributed by atoms with E-state index in [0.29, 0.717) is 12.1 Å². The number of carbonyl (C=O) groups excluding carboxylic acids is 1. The van der Waals surface area contributed by atoms with Crippen LogP contribution < -0.4 is 4.90 Å². The molecule has 124 valence electrons. The molecule has 1 amide bonds. The smallest absolute Gasteiger partial charge is 0.282 e. The lowest BCUT2D eigenvalue weighted by Gasteiger charge is -2.24. The molecular weight excluding hydrogens is 308 g/mol. The Balaban J connectivity index is 2.12. The second kappa shape index (κ2) is 6.05. The average Bonchev–Trinajstić information content (AvgIpc) is 2.94. The maximum Gasteiger partial charge on any atom is 0.282 e. The van der Waals surface area contributed by atoms with Gasteiger partial charge in [-0.1, -0.05) is 18.2 Å². The summed E-state index contributed by atoms with van der Waals surface area (Å²) in [6.45, 7) is 3.40. The van der Waals surface area contributed by atoms with Crippen LogP contribution >= 0.6 is 0 Å². The van der Waals surface area contributed by atoms with Crippen LogP contribution in [-0.2, 0) is 6.42 Å². The van der Waals surface area contributed by atoms with Crippen molar-refractivity contribution in [3.05, 3.63) is 68.8 Å². The molecule has 0 spiro atoms. The number of aliphatic hydroxyl groups is 1. The second-order valence-electron chi connectivity index (χ2n) is 6.06. The molecule has 0 aromatic heterocycles. The number of rotatable bonds is 3. The van der Waals surface area contributed by atoms with Gasteiger partial charge >= 0.3 is 0 Å². The van der Waals surface area contributed by atoms with Crippen molar-refractivity contribution >= 4 is 17.3 Å². The van der Waals surface area contributed by atoms with Crippen LogP contribution in [0.15, 0.2) is 36.4 Å². The summed E-state index contributed by atoms with van der Waals surface area (Å²) in [4.78, 5) is 25.4. The minimum Gasteiger partial charge on any atom is -0.394 e. The summed E-state index contributed by atoms with van der Waals surface area (Å²) in [5, 5.41) is 21.0. The average molecular weight is 326 g/mol. The van der Waals surface area contributed by atoms with E-state index < -0.39 is 16.9 Å². The number of nitro groups is 1. The first-order valence-corrected chi connectivity index (χ1v) is 7.72. The SMILES string of the molecule is Cc1cc(C(=O)N2c3ccccc3C[C@H]2CO)c([N+](=O)[O-])cc1C. The molecular formula is C18H18N2O4. The molecule has 0 aliphatic carbocycles. The highest BCUT2D eigenvalue weighted by Crippen LogP contribution is 2.35. The molecule has 0 bridgehead atoms. The summed E-state index contributed by atoms with van der Waals surface area (Å²) in [7, 11) is 0. The highest BCUT2D eigenvalue weighted by Gasteiger charge is 2.36. The van der Waals surface area contributed by atoms with E-state index in [2.05, 4.69) is 0 Å². The Kier molecular flexibility index (Phi) is 4.07. The number of aliphatic hydroxyl groups excluding tert-OH is 1. The molecule has 3 rings (SSSR count). The van der Waals surface area contributed by atoms with Crippen LogP contribution in [0.5, 0.6) is 0 Å². The van der Waals surface area contributed by atoms with Gasteiger partial charge in [0.05, 0.1) is 17.6 Å². The van der Waals surface area contributed by atoms with Gasteiger partial charge < -0.3 is 10.0 Å². The number of anilines is 1. The van der Waals surface area contributed by atoms with Gasteiger partial charge in [-0.2, -0.15) is 0 Å². The number of fused-ring (bicyclic) bond motifs is 1. The maximum absolute atomic E-state index is 13.1. The fourth-order valence-electron chi connectivity index (χ4n) is 3.13. The number of nitrogens with zero attached hydrogens (tertiary/aromatic N) is 2. The minimum atomic E-state index is -0.532. The largest absolute Gasteiger partial charge is 0.394 e. The fourth-order valence-corrected chi connectivity index (χ4v) is 3.13.